The molecule has 1 saturated carbocycles. The number of amides is 1. The molecule has 1 aromatic heterocycles. The van der Waals surface area contributed by atoms with Crippen molar-refractivity contribution < 1.29 is 4.79 Å². The summed E-state index contributed by atoms with van der Waals surface area (Å²) in [6.07, 6.45) is 4.61. The number of nitrogens with two attached hydrogens (primary N) is 2. The summed E-state index contributed by atoms with van der Waals surface area (Å²) >= 11 is 0. The zero-order valence-corrected chi connectivity index (χ0v) is 11.2. The molecular formula is C13H21N5O. The van der Waals surface area contributed by atoms with Gasteiger partial charge in [-0.1, -0.05) is 19.8 Å². The maximum Gasteiger partial charge on any atom is 0.269 e. The molecular weight excluding hydrogens is 242 g/mol. The van der Waals surface area contributed by atoms with Gasteiger partial charge in [0.2, 0.25) is 0 Å². The summed E-state index contributed by atoms with van der Waals surface area (Å²) in [5.41, 5.74) is 11.2. The van der Waals surface area contributed by atoms with Crippen LogP contribution in [0.5, 0.6) is 0 Å². The predicted molar refractivity (Wildman–Crippen MR) is 73.6 cm³/mol. The van der Waals surface area contributed by atoms with Crippen LogP contribution < -0.4 is 16.8 Å². The Labute approximate surface area is 113 Å². The lowest BCUT2D eigenvalue weighted by Crippen LogP contribution is -2.52. The molecule has 19 heavy (non-hydrogen) atoms. The van der Waals surface area contributed by atoms with E-state index in [0.717, 1.165) is 12.8 Å². The van der Waals surface area contributed by atoms with Gasteiger partial charge in [0.15, 0.2) is 5.69 Å². The predicted octanol–water partition coefficient (Wildman–Crippen LogP) is 0.895. The number of nitrogens with zero attached hydrogens (tertiary/aromatic N) is 2. The summed E-state index contributed by atoms with van der Waals surface area (Å²) in [7, 11) is 0. The van der Waals surface area contributed by atoms with E-state index in [0.29, 0.717) is 18.3 Å². The molecule has 5 N–H and O–H groups in total. The Bertz CT molecular complexity index is 447. The van der Waals surface area contributed by atoms with Crippen LogP contribution in [0, 0.1) is 5.92 Å². The highest BCUT2D eigenvalue weighted by atomic mass is 16.1. The number of anilines is 1. The second-order valence-electron chi connectivity index (χ2n) is 5.30. The second kappa shape index (κ2) is 5.52. The van der Waals surface area contributed by atoms with E-state index in [-0.39, 0.29) is 11.2 Å². The maximum atomic E-state index is 11.0. The third kappa shape index (κ3) is 2.84. The van der Waals surface area contributed by atoms with Crippen LogP contribution in [-0.2, 0) is 0 Å². The minimum absolute atomic E-state index is 0.124. The average Bonchev–Trinajstić information content (AvgIpc) is 2.42. The molecule has 2 atom stereocenters. The highest BCUT2D eigenvalue weighted by Gasteiger charge is 2.37. The molecule has 1 aliphatic carbocycles. The number of primary amides is 1. The van der Waals surface area contributed by atoms with Crippen LogP contribution in [0.15, 0.2) is 12.1 Å². The first-order valence-corrected chi connectivity index (χ1v) is 6.69. The highest BCUT2D eigenvalue weighted by Crippen LogP contribution is 2.35. The number of hydrogen-bond acceptors (Lipinski definition) is 5. The van der Waals surface area contributed by atoms with Crippen molar-refractivity contribution in [3.63, 3.8) is 0 Å². The fourth-order valence-electron chi connectivity index (χ4n) is 2.74. The Morgan fingerprint density at radius 3 is 2.79 bits per heavy atom. The summed E-state index contributed by atoms with van der Waals surface area (Å²) in [5.74, 6) is 0.562. The zero-order valence-electron chi connectivity index (χ0n) is 11.2. The first kappa shape index (κ1) is 13.7. The van der Waals surface area contributed by atoms with Crippen LogP contribution in [0.25, 0.3) is 0 Å². The minimum atomic E-state index is -0.571. The fourth-order valence-corrected chi connectivity index (χ4v) is 2.74. The third-order valence-electron chi connectivity index (χ3n) is 4.11. The van der Waals surface area contributed by atoms with E-state index < -0.39 is 5.91 Å². The lowest BCUT2D eigenvalue weighted by Gasteiger charge is -2.42. The quantitative estimate of drug-likeness (QED) is 0.748. The molecule has 1 aliphatic rings. The highest BCUT2D eigenvalue weighted by molar-refractivity contribution is 5.90. The van der Waals surface area contributed by atoms with Crippen LogP contribution in [0.1, 0.15) is 43.1 Å². The van der Waals surface area contributed by atoms with Crippen LogP contribution in [0.2, 0.25) is 0 Å². The number of hydrogen-bond donors (Lipinski definition) is 3. The van der Waals surface area contributed by atoms with Gasteiger partial charge in [0.05, 0.1) is 5.54 Å². The van der Waals surface area contributed by atoms with Crippen LogP contribution in [0.4, 0.5) is 5.82 Å². The number of aromatic nitrogens is 2. The minimum Gasteiger partial charge on any atom is -0.364 e. The van der Waals surface area contributed by atoms with Crippen molar-refractivity contribution in [2.75, 3.05) is 11.9 Å². The van der Waals surface area contributed by atoms with Gasteiger partial charge in [0, 0.05) is 6.54 Å². The first-order valence-electron chi connectivity index (χ1n) is 6.69. The molecule has 2 rings (SSSR count). The molecule has 0 radical (unpaired) electrons. The van der Waals surface area contributed by atoms with Gasteiger partial charge in [-0.25, -0.2) is 0 Å². The summed E-state index contributed by atoms with van der Waals surface area (Å²) < 4.78 is 0. The zero-order chi connectivity index (χ0) is 13.9. The normalized spacial score (nSPS) is 26.9. The second-order valence-corrected chi connectivity index (χ2v) is 5.30. The van der Waals surface area contributed by atoms with Gasteiger partial charge in [-0.2, -0.15) is 0 Å². The van der Waals surface area contributed by atoms with Gasteiger partial charge >= 0.3 is 0 Å². The number of rotatable bonds is 4. The van der Waals surface area contributed by atoms with Gasteiger partial charge in [0.25, 0.3) is 5.91 Å². The standard InChI is InChI=1S/C13H21N5O/c1-9-4-2-3-7-13(9,8-14)16-11-6-5-10(12(15)19)17-18-11/h5-6,9H,2-4,7-8,14H2,1H3,(H2,15,19)(H,16,18). The number of carbonyl (C=O) groups is 1. The molecule has 104 valence electrons. The van der Waals surface area contributed by atoms with Crippen molar-refractivity contribution >= 4 is 11.7 Å². The van der Waals surface area contributed by atoms with Gasteiger partial charge in [-0.15, -0.1) is 10.2 Å². The molecule has 1 aromatic rings. The summed E-state index contributed by atoms with van der Waals surface area (Å²) in [4.78, 5) is 11.0. The molecule has 6 nitrogen and oxygen atoms in total. The van der Waals surface area contributed by atoms with Crippen LogP contribution in [0.3, 0.4) is 0 Å². The van der Waals surface area contributed by atoms with Gasteiger partial charge in [0.1, 0.15) is 5.82 Å². The third-order valence-corrected chi connectivity index (χ3v) is 4.11. The largest absolute Gasteiger partial charge is 0.364 e. The van der Waals surface area contributed by atoms with Crippen LogP contribution >= 0.6 is 0 Å². The molecule has 1 fully saturated rings. The van der Waals surface area contributed by atoms with E-state index in [1.54, 1.807) is 12.1 Å². The SMILES string of the molecule is CC1CCCCC1(CN)Nc1ccc(C(N)=O)nn1. The smallest absolute Gasteiger partial charge is 0.269 e. The Morgan fingerprint density at radius 2 is 2.26 bits per heavy atom. The van der Waals surface area contributed by atoms with Crippen molar-refractivity contribution in [2.24, 2.45) is 17.4 Å². The molecule has 0 saturated heterocycles. The first-order chi connectivity index (χ1) is 9.07. The van der Waals surface area contributed by atoms with Crippen molar-refractivity contribution in [3.05, 3.63) is 17.8 Å². The molecule has 0 bridgehead atoms. The Balaban J connectivity index is 2.15. The van der Waals surface area contributed by atoms with E-state index in [2.05, 4.69) is 22.4 Å². The molecule has 1 amide bonds. The van der Waals surface area contributed by atoms with E-state index >= 15 is 0 Å². The topological polar surface area (TPSA) is 107 Å². The Morgan fingerprint density at radius 1 is 1.47 bits per heavy atom. The monoisotopic (exact) mass is 263 g/mol. The molecule has 6 heteroatoms. The Hall–Kier alpha value is -1.69. The fraction of sp³-hybridized carbons (Fsp3) is 0.615. The van der Waals surface area contributed by atoms with Crippen molar-refractivity contribution in [2.45, 2.75) is 38.1 Å². The molecule has 0 aliphatic heterocycles. The van der Waals surface area contributed by atoms with Crippen molar-refractivity contribution in [3.8, 4) is 0 Å². The maximum absolute atomic E-state index is 11.0. The van der Waals surface area contributed by atoms with E-state index in [4.69, 9.17) is 11.5 Å². The van der Waals surface area contributed by atoms with Gasteiger partial charge in [-0.05, 0) is 30.9 Å². The molecule has 0 spiro atoms. The number of nitrogens with one attached hydrogen (secondary N) is 1. The van der Waals surface area contributed by atoms with Gasteiger partial charge < -0.3 is 16.8 Å². The number of carbonyl (C=O) groups excluding carboxylic acids is 1. The van der Waals surface area contributed by atoms with E-state index in [9.17, 15) is 4.79 Å². The van der Waals surface area contributed by atoms with Crippen LogP contribution in [-0.4, -0.2) is 28.2 Å². The summed E-state index contributed by atoms with van der Waals surface area (Å²) in [5, 5.41) is 11.2. The van der Waals surface area contributed by atoms with E-state index in [1.807, 2.05) is 0 Å². The molecule has 0 aromatic carbocycles. The van der Waals surface area contributed by atoms with Crippen molar-refractivity contribution in [1.82, 2.24) is 10.2 Å². The van der Waals surface area contributed by atoms with Gasteiger partial charge in [-0.3, -0.25) is 4.79 Å². The molecule has 1 heterocycles. The van der Waals surface area contributed by atoms with E-state index in [1.165, 1.54) is 12.8 Å². The summed E-state index contributed by atoms with van der Waals surface area (Å²) in [6.45, 7) is 2.78. The Kier molecular flexibility index (Phi) is 3.99. The van der Waals surface area contributed by atoms with Crippen molar-refractivity contribution in [1.29, 1.82) is 0 Å². The lowest BCUT2D eigenvalue weighted by atomic mass is 9.73. The average molecular weight is 263 g/mol. The summed E-state index contributed by atoms with van der Waals surface area (Å²) in [6, 6.07) is 3.31. The lowest BCUT2D eigenvalue weighted by molar-refractivity contribution is 0.0994. The molecule has 2 unspecified atom stereocenters.